The zero-order valence-corrected chi connectivity index (χ0v) is 16.6. The van der Waals surface area contributed by atoms with Gasteiger partial charge in [-0.15, -0.1) is 11.3 Å². The van der Waals surface area contributed by atoms with E-state index in [0.29, 0.717) is 4.88 Å². The molecule has 0 saturated carbocycles. The Kier molecular flexibility index (Phi) is 6.31. The lowest BCUT2D eigenvalue weighted by molar-refractivity contribution is 0.0959. The first-order chi connectivity index (χ1) is 13.1. The number of aromatic nitrogens is 1. The molecular formula is C19H19FN4OS2. The van der Waals surface area contributed by atoms with E-state index < -0.39 is 0 Å². The highest BCUT2D eigenvalue weighted by molar-refractivity contribution is 7.17. The number of amides is 1. The normalized spacial score (nSPS) is 11.1. The molecule has 1 N–H and O–H groups in total. The van der Waals surface area contributed by atoms with Gasteiger partial charge in [0.1, 0.15) is 5.82 Å². The SMILES string of the molecule is CCN(CC)c1ncc(/C=N\NC(=O)c2ccc(-c3ccc(F)cc3)s2)s1. The van der Waals surface area contributed by atoms with Crippen LogP contribution in [0.4, 0.5) is 9.52 Å². The topological polar surface area (TPSA) is 57.6 Å². The number of thiazole rings is 1. The number of nitrogens with one attached hydrogen (secondary N) is 1. The maximum absolute atomic E-state index is 13.0. The first-order valence-electron chi connectivity index (χ1n) is 8.50. The van der Waals surface area contributed by atoms with Crippen LogP contribution in [-0.2, 0) is 0 Å². The fourth-order valence-electron chi connectivity index (χ4n) is 2.42. The highest BCUT2D eigenvalue weighted by Crippen LogP contribution is 2.28. The molecule has 5 nitrogen and oxygen atoms in total. The molecule has 0 saturated heterocycles. The van der Waals surface area contributed by atoms with Crippen LogP contribution >= 0.6 is 22.7 Å². The number of carbonyl (C=O) groups is 1. The third-order valence-corrected chi connectivity index (χ3v) is 5.99. The molecule has 1 aromatic carbocycles. The molecule has 1 amide bonds. The second-order valence-corrected chi connectivity index (χ2v) is 7.71. The molecule has 2 aromatic heterocycles. The van der Waals surface area contributed by atoms with Crippen molar-refractivity contribution in [2.75, 3.05) is 18.0 Å². The van der Waals surface area contributed by atoms with Crippen molar-refractivity contribution >= 4 is 39.9 Å². The van der Waals surface area contributed by atoms with Crippen molar-refractivity contribution in [1.29, 1.82) is 0 Å². The van der Waals surface area contributed by atoms with Gasteiger partial charge in [0.25, 0.3) is 5.91 Å². The second-order valence-electron chi connectivity index (χ2n) is 5.59. The summed E-state index contributed by atoms with van der Waals surface area (Å²) in [6, 6.07) is 9.77. The number of halogens is 1. The molecule has 3 rings (SSSR count). The van der Waals surface area contributed by atoms with E-state index in [4.69, 9.17) is 0 Å². The van der Waals surface area contributed by atoms with E-state index in [1.165, 1.54) is 34.8 Å². The minimum atomic E-state index is -0.283. The zero-order valence-electron chi connectivity index (χ0n) is 15.0. The number of carbonyl (C=O) groups excluding carboxylic acids is 1. The predicted octanol–water partition coefficient (Wildman–Crippen LogP) is 4.62. The highest BCUT2D eigenvalue weighted by atomic mass is 32.1. The Hall–Kier alpha value is -2.58. The number of hydrogen-bond acceptors (Lipinski definition) is 6. The van der Waals surface area contributed by atoms with Crippen LogP contribution in [-0.4, -0.2) is 30.2 Å². The molecule has 27 heavy (non-hydrogen) atoms. The molecule has 0 bridgehead atoms. The fourth-order valence-corrected chi connectivity index (χ4v) is 4.23. The molecule has 0 spiro atoms. The van der Waals surface area contributed by atoms with Crippen molar-refractivity contribution in [3.8, 4) is 10.4 Å². The molecule has 0 fully saturated rings. The summed E-state index contributed by atoms with van der Waals surface area (Å²) in [5.74, 6) is -0.562. The lowest BCUT2D eigenvalue weighted by atomic mass is 10.2. The monoisotopic (exact) mass is 402 g/mol. The average Bonchev–Trinajstić information content (AvgIpc) is 3.33. The van der Waals surface area contributed by atoms with Gasteiger partial charge < -0.3 is 4.90 Å². The molecule has 8 heteroatoms. The van der Waals surface area contributed by atoms with Gasteiger partial charge in [-0.2, -0.15) is 5.10 Å². The molecule has 3 aromatic rings. The number of rotatable bonds is 7. The first-order valence-corrected chi connectivity index (χ1v) is 10.1. The van der Waals surface area contributed by atoms with Crippen molar-refractivity contribution in [3.05, 3.63) is 58.2 Å². The van der Waals surface area contributed by atoms with E-state index in [-0.39, 0.29) is 11.7 Å². The largest absolute Gasteiger partial charge is 0.349 e. The zero-order chi connectivity index (χ0) is 19.2. The van der Waals surface area contributed by atoms with E-state index >= 15 is 0 Å². The molecule has 0 aliphatic rings. The molecule has 0 aliphatic heterocycles. The summed E-state index contributed by atoms with van der Waals surface area (Å²) in [6.45, 7) is 5.96. The summed E-state index contributed by atoms with van der Waals surface area (Å²) < 4.78 is 13.0. The van der Waals surface area contributed by atoms with Gasteiger partial charge >= 0.3 is 0 Å². The lowest BCUT2D eigenvalue weighted by Crippen LogP contribution is -2.21. The molecule has 0 atom stereocenters. The molecular weight excluding hydrogens is 383 g/mol. The maximum Gasteiger partial charge on any atom is 0.281 e. The van der Waals surface area contributed by atoms with Crippen LogP contribution in [0, 0.1) is 5.82 Å². The lowest BCUT2D eigenvalue weighted by Gasteiger charge is -2.16. The number of thiophene rings is 1. The summed E-state index contributed by atoms with van der Waals surface area (Å²) in [5.41, 5.74) is 3.41. The molecule has 0 aliphatic carbocycles. The quantitative estimate of drug-likeness (QED) is 0.463. The number of hydrogen-bond donors (Lipinski definition) is 1. The fraction of sp³-hybridized carbons (Fsp3) is 0.211. The average molecular weight is 403 g/mol. The van der Waals surface area contributed by atoms with E-state index in [9.17, 15) is 9.18 Å². The van der Waals surface area contributed by atoms with Gasteiger partial charge in [-0.3, -0.25) is 4.79 Å². The van der Waals surface area contributed by atoms with E-state index in [0.717, 1.165) is 33.5 Å². The molecule has 140 valence electrons. The Morgan fingerprint density at radius 2 is 1.93 bits per heavy atom. The Labute approximate surface area is 165 Å². The van der Waals surface area contributed by atoms with Gasteiger partial charge in [0, 0.05) is 24.2 Å². The van der Waals surface area contributed by atoms with Gasteiger partial charge in [-0.25, -0.2) is 14.8 Å². The number of benzene rings is 1. The van der Waals surface area contributed by atoms with E-state index in [1.54, 1.807) is 30.6 Å². The summed E-state index contributed by atoms with van der Waals surface area (Å²) >= 11 is 2.86. The minimum Gasteiger partial charge on any atom is -0.349 e. The third-order valence-electron chi connectivity index (χ3n) is 3.86. The van der Waals surface area contributed by atoms with Crippen molar-refractivity contribution in [2.45, 2.75) is 13.8 Å². The molecule has 2 heterocycles. The standard InChI is InChI=1S/C19H19FN4OS2/c1-3-24(4-2)19-21-11-15(26-19)12-22-23-18(25)17-10-9-16(27-17)13-5-7-14(20)8-6-13/h5-12H,3-4H2,1-2H3,(H,23,25)/b22-12-. The smallest absolute Gasteiger partial charge is 0.281 e. The summed E-state index contributed by atoms with van der Waals surface area (Å²) in [6.07, 6.45) is 3.34. The maximum atomic E-state index is 13.0. The van der Waals surface area contributed by atoms with Crippen LogP contribution in [0.5, 0.6) is 0 Å². The van der Waals surface area contributed by atoms with Gasteiger partial charge in [0.2, 0.25) is 0 Å². The number of hydrazone groups is 1. The van der Waals surface area contributed by atoms with Crippen molar-refractivity contribution in [2.24, 2.45) is 5.10 Å². The number of anilines is 1. The Morgan fingerprint density at radius 1 is 1.19 bits per heavy atom. The Bertz CT molecular complexity index is 929. The molecule has 0 radical (unpaired) electrons. The van der Waals surface area contributed by atoms with Crippen LogP contribution in [0.3, 0.4) is 0 Å². The minimum absolute atomic E-state index is 0.280. The summed E-state index contributed by atoms with van der Waals surface area (Å²) in [5, 5.41) is 4.96. The van der Waals surface area contributed by atoms with Crippen molar-refractivity contribution < 1.29 is 9.18 Å². The van der Waals surface area contributed by atoms with Crippen molar-refractivity contribution in [1.82, 2.24) is 10.4 Å². The number of nitrogens with zero attached hydrogens (tertiary/aromatic N) is 3. The van der Waals surface area contributed by atoms with Crippen LogP contribution in [0.25, 0.3) is 10.4 Å². The van der Waals surface area contributed by atoms with Crippen LogP contribution in [0.2, 0.25) is 0 Å². The van der Waals surface area contributed by atoms with Gasteiger partial charge in [-0.05, 0) is 43.7 Å². The predicted molar refractivity (Wildman–Crippen MR) is 110 cm³/mol. The first kappa shape index (κ1) is 19.2. The van der Waals surface area contributed by atoms with Crippen LogP contribution in [0.15, 0.2) is 47.7 Å². The second kappa shape index (κ2) is 8.88. The van der Waals surface area contributed by atoms with E-state index in [2.05, 4.69) is 34.3 Å². The summed E-state index contributed by atoms with van der Waals surface area (Å²) in [7, 11) is 0. The Balaban J connectivity index is 1.61. The third kappa shape index (κ3) is 4.78. The van der Waals surface area contributed by atoms with Crippen LogP contribution < -0.4 is 10.3 Å². The van der Waals surface area contributed by atoms with E-state index in [1.807, 2.05) is 6.07 Å². The van der Waals surface area contributed by atoms with Gasteiger partial charge in [0.15, 0.2) is 5.13 Å². The molecule has 0 unspecified atom stereocenters. The van der Waals surface area contributed by atoms with Crippen LogP contribution in [0.1, 0.15) is 28.4 Å². The van der Waals surface area contributed by atoms with Crippen molar-refractivity contribution in [3.63, 3.8) is 0 Å². The summed E-state index contributed by atoms with van der Waals surface area (Å²) in [4.78, 5) is 21.1. The Morgan fingerprint density at radius 3 is 2.63 bits per heavy atom. The highest BCUT2D eigenvalue weighted by Gasteiger charge is 2.10. The van der Waals surface area contributed by atoms with Gasteiger partial charge in [0.05, 0.1) is 16.0 Å². The van der Waals surface area contributed by atoms with Gasteiger partial charge in [-0.1, -0.05) is 23.5 Å².